The van der Waals surface area contributed by atoms with Gasteiger partial charge in [0.1, 0.15) is 11.6 Å². The Morgan fingerprint density at radius 3 is 2.12 bits per heavy atom. The maximum atomic E-state index is 11.2. The Morgan fingerprint density at radius 2 is 1.53 bits per heavy atom. The third-order valence-electron chi connectivity index (χ3n) is 7.30. The van der Waals surface area contributed by atoms with Crippen LogP contribution < -0.4 is 4.90 Å². The number of nitriles is 1. The van der Waals surface area contributed by atoms with E-state index in [1.807, 2.05) is 12.1 Å². The van der Waals surface area contributed by atoms with Gasteiger partial charge >= 0.3 is 5.97 Å². The summed E-state index contributed by atoms with van der Waals surface area (Å²) in [4.78, 5) is 18.0. The van der Waals surface area contributed by atoms with Gasteiger partial charge < -0.3 is 10.0 Å². The number of benzene rings is 1. The van der Waals surface area contributed by atoms with Gasteiger partial charge in [0.05, 0.1) is 0 Å². The molecule has 34 heavy (non-hydrogen) atoms. The Morgan fingerprint density at radius 1 is 0.971 bits per heavy atom. The molecule has 0 atom stereocenters. The van der Waals surface area contributed by atoms with Gasteiger partial charge in [-0.25, -0.2) is 4.79 Å². The Balaban J connectivity index is 1.55. The number of aliphatic carboxylic acids is 1. The molecule has 0 radical (unpaired) electrons. The Hall–Kier alpha value is -2.88. The highest BCUT2D eigenvalue weighted by atomic mass is 32.1. The van der Waals surface area contributed by atoms with Gasteiger partial charge in [0.25, 0.3) is 0 Å². The van der Waals surface area contributed by atoms with Crippen molar-refractivity contribution in [1.29, 1.82) is 5.26 Å². The van der Waals surface area contributed by atoms with Crippen molar-refractivity contribution < 1.29 is 9.90 Å². The summed E-state index contributed by atoms with van der Waals surface area (Å²) in [6.07, 6.45) is 3.78. The van der Waals surface area contributed by atoms with Gasteiger partial charge in [-0.05, 0) is 82.8 Å². The van der Waals surface area contributed by atoms with Gasteiger partial charge in [-0.15, -0.1) is 22.7 Å². The fourth-order valence-corrected chi connectivity index (χ4v) is 7.09. The van der Waals surface area contributed by atoms with Crippen LogP contribution in [0, 0.1) is 11.3 Å². The molecule has 0 saturated carbocycles. The molecule has 2 aromatic heterocycles. The van der Waals surface area contributed by atoms with Crippen LogP contribution in [0.2, 0.25) is 0 Å². The van der Waals surface area contributed by atoms with Gasteiger partial charge in [0.15, 0.2) is 0 Å². The summed E-state index contributed by atoms with van der Waals surface area (Å²) in [6, 6.07) is 14.8. The zero-order valence-corrected chi connectivity index (χ0v) is 21.6. The quantitative estimate of drug-likeness (QED) is 0.309. The molecule has 2 aliphatic heterocycles. The number of anilines is 1. The number of nitrogens with zero attached hydrogens (tertiary/aromatic N) is 2. The van der Waals surface area contributed by atoms with Gasteiger partial charge in [0.2, 0.25) is 0 Å². The first-order chi connectivity index (χ1) is 16.1. The van der Waals surface area contributed by atoms with Crippen molar-refractivity contribution in [3.05, 3.63) is 58.0 Å². The zero-order valence-electron chi connectivity index (χ0n) is 19.9. The average Bonchev–Trinajstić information content (AvgIpc) is 3.45. The van der Waals surface area contributed by atoms with Gasteiger partial charge in [0, 0.05) is 38.3 Å². The third kappa shape index (κ3) is 3.87. The smallest absolute Gasteiger partial charge is 0.346 e. The van der Waals surface area contributed by atoms with E-state index in [4.69, 9.17) is 10.4 Å². The Labute approximate surface area is 208 Å². The highest BCUT2D eigenvalue weighted by Crippen LogP contribution is 2.51. The molecule has 0 bridgehead atoms. The standard InChI is InChI=1S/C28H28N2O2S2/c1-27(2)9-11-30-12-10-28(3,4)21-15-17(14-20(27)25(21)30)22-7-8-24(34-22)23-6-5-19(33-23)13-18(16-29)26(31)32/h5-8,13-15H,9-12H2,1-4H3,(H,31,32)/b18-13+. The summed E-state index contributed by atoms with van der Waals surface area (Å²) in [5.41, 5.74) is 5.75. The molecule has 0 fully saturated rings. The molecule has 4 heterocycles. The molecule has 1 aromatic carbocycles. The van der Waals surface area contributed by atoms with Crippen molar-refractivity contribution >= 4 is 40.4 Å². The van der Waals surface area contributed by atoms with E-state index < -0.39 is 5.97 Å². The number of carbonyl (C=O) groups is 1. The van der Waals surface area contributed by atoms with Gasteiger partial charge in [-0.1, -0.05) is 27.7 Å². The molecule has 0 amide bonds. The van der Waals surface area contributed by atoms with Crippen LogP contribution in [-0.2, 0) is 15.6 Å². The second kappa shape index (κ2) is 8.11. The summed E-state index contributed by atoms with van der Waals surface area (Å²) in [6.45, 7) is 11.8. The van der Waals surface area contributed by atoms with Crippen LogP contribution >= 0.6 is 22.7 Å². The number of rotatable bonds is 4. The molecule has 5 rings (SSSR count). The molecule has 1 N–H and O–H groups in total. The predicted octanol–water partition coefficient (Wildman–Crippen LogP) is 7.30. The molecule has 0 unspecified atom stereocenters. The monoisotopic (exact) mass is 488 g/mol. The maximum absolute atomic E-state index is 11.2. The van der Waals surface area contributed by atoms with E-state index in [2.05, 4.69) is 56.9 Å². The van der Waals surface area contributed by atoms with Gasteiger partial charge in [-0.3, -0.25) is 0 Å². The third-order valence-corrected chi connectivity index (χ3v) is 9.66. The Kier molecular flexibility index (Phi) is 5.46. The highest BCUT2D eigenvalue weighted by molar-refractivity contribution is 7.24. The van der Waals surface area contributed by atoms with Crippen LogP contribution in [0.15, 0.2) is 42.0 Å². The highest BCUT2D eigenvalue weighted by Gasteiger charge is 2.40. The molecule has 3 aromatic rings. The lowest BCUT2D eigenvalue weighted by Crippen LogP contribution is -2.44. The summed E-state index contributed by atoms with van der Waals surface area (Å²) < 4.78 is 0. The van der Waals surface area contributed by atoms with Crippen molar-refractivity contribution in [1.82, 2.24) is 0 Å². The molecular weight excluding hydrogens is 460 g/mol. The van der Waals surface area contributed by atoms with E-state index in [-0.39, 0.29) is 16.4 Å². The lowest BCUT2D eigenvalue weighted by molar-refractivity contribution is -0.132. The van der Waals surface area contributed by atoms with E-state index in [9.17, 15) is 4.79 Å². The summed E-state index contributed by atoms with van der Waals surface area (Å²) in [5, 5.41) is 18.2. The minimum absolute atomic E-state index is 0.154. The zero-order chi connectivity index (χ0) is 24.3. The van der Waals surface area contributed by atoms with Crippen LogP contribution in [0.5, 0.6) is 0 Å². The maximum Gasteiger partial charge on any atom is 0.346 e. The molecule has 0 aliphatic carbocycles. The first kappa shape index (κ1) is 22.9. The first-order valence-corrected chi connectivity index (χ1v) is 13.2. The second-order valence-electron chi connectivity index (χ2n) is 10.5. The SMILES string of the molecule is CC1(C)CCN2CCC(C)(C)c3cc(-c4ccc(-c5ccc(/C=C(\C#N)C(=O)O)s5)s4)cc1c32. The largest absolute Gasteiger partial charge is 0.477 e. The number of hydrogen-bond acceptors (Lipinski definition) is 5. The van der Waals surface area contributed by atoms with Crippen LogP contribution in [0.25, 0.3) is 26.3 Å². The summed E-state index contributed by atoms with van der Waals surface area (Å²) in [5.74, 6) is -1.20. The minimum atomic E-state index is -1.20. The summed E-state index contributed by atoms with van der Waals surface area (Å²) in [7, 11) is 0. The van der Waals surface area contributed by atoms with Gasteiger partial charge in [-0.2, -0.15) is 5.26 Å². The van der Waals surface area contributed by atoms with Crippen molar-refractivity contribution in [2.45, 2.75) is 51.4 Å². The molecule has 174 valence electrons. The lowest BCUT2D eigenvalue weighted by atomic mass is 9.69. The van der Waals surface area contributed by atoms with Crippen LogP contribution in [0.4, 0.5) is 5.69 Å². The van der Waals surface area contributed by atoms with E-state index in [0.717, 1.165) is 27.7 Å². The lowest BCUT2D eigenvalue weighted by Gasteiger charge is -2.48. The normalized spacial score (nSPS) is 18.3. The van der Waals surface area contributed by atoms with Crippen molar-refractivity contribution in [3.63, 3.8) is 0 Å². The molecule has 6 heteroatoms. The molecule has 2 aliphatic rings. The van der Waals surface area contributed by atoms with Crippen LogP contribution in [-0.4, -0.2) is 24.2 Å². The number of carboxylic acid groups (broad SMARTS) is 1. The van der Waals surface area contributed by atoms with Crippen molar-refractivity contribution in [2.24, 2.45) is 0 Å². The van der Waals surface area contributed by atoms with E-state index >= 15 is 0 Å². The Bertz CT molecular complexity index is 1330. The minimum Gasteiger partial charge on any atom is -0.477 e. The summed E-state index contributed by atoms with van der Waals surface area (Å²) >= 11 is 3.28. The fraction of sp³-hybridized carbons (Fsp3) is 0.357. The number of thiophene rings is 2. The molecule has 0 saturated heterocycles. The molecule has 0 spiro atoms. The van der Waals surface area contributed by atoms with Crippen molar-refractivity contribution in [3.8, 4) is 26.3 Å². The molecular formula is C28H28N2O2S2. The van der Waals surface area contributed by atoms with Crippen LogP contribution in [0.3, 0.4) is 0 Å². The van der Waals surface area contributed by atoms with E-state index in [0.29, 0.717) is 0 Å². The number of hydrogen-bond donors (Lipinski definition) is 1. The predicted molar refractivity (Wildman–Crippen MR) is 142 cm³/mol. The van der Waals surface area contributed by atoms with E-state index in [1.54, 1.807) is 17.4 Å². The topological polar surface area (TPSA) is 64.3 Å². The number of carboxylic acids is 1. The molecule has 4 nitrogen and oxygen atoms in total. The van der Waals surface area contributed by atoms with Crippen molar-refractivity contribution in [2.75, 3.05) is 18.0 Å². The first-order valence-electron chi connectivity index (χ1n) is 11.6. The second-order valence-corrected chi connectivity index (χ2v) is 12.7. The van der Waals surface area contributed by atoms with Crippen LogP contribution in [0.1, 0.15) is 56.5 Å². The van der Waals surface area contributed by atoms with E-state index in [1.165, 1.54) is 57.5 Å². The fourth-order valence-electron chi connectivity index (χ4n) is 5.06. The average molecular weight is 489 g/mol.